The van der Waals surface area contributed by atoms with Crippen LogP contribution in [0, 0.1) is 0 Å². The summed E-state index contributed by atoms with van der Waals surface area (Å²) in [6, 6.07) is 8.14. The summed E-state index contributed by atoms with van der Waals surface area (Å²) >= 11 is 1.12. The minimum absolute atomic E-state index is 0.122. The number of rotatable bonds is 5. The molecule has 3 N–H and O–H groups in total. The smallest absolute Gasteiger partial charge is 0.234 e. The molecule has 0 fully saturated rings. The van der Waals surface area contributed by atoms with Crippen LogP contribution in [0.15, 0.2) is 41.7 Å². The van der Waals surface area contributed by atoms with E-state index in [9.17, 15) is 14.7 Å². The monoisotopic (exact) mass is 318 g/mol. The second-order valence-electron chi connectivity index (χ2n) is 4.29. The third-order valence-electron chi connectivity index (χ3n) is 2.44. The van der Waals surface area contributed by atoms with E-state index in [2.05, 4.69) is 20.6 Å². The summed E-state index contributed by atoms with van der Waals surface area (Å²) < 4.78 is 0. The maximum Gasteiger partial charge on any atom is 0.234 e. The molecule has 1 aromatic carbocycles. The van der Waals surface area contributed by atoms with Crippen molar-refractivity contribution in [3.8, 4) is 5.88 Å². The molecule has 0 bridgehead atoms. The molecule has 0 radical (unpaired) electrons. The number of nitrogens with one attached hydrogen (secondary N) is 2. The van der Waals surface area contributed by atoms with Crippen LogP contribution in [0.5, 0.6) is 5.88 Å². The molecule has 0 aliphatic heterocycles. The van der Waals surface area contributed by atoms with E-state index in [1.807, 2.05) is 0 Å². The average Bonchev–Trinajstić information content (AvgIpc) is 2.47. The van der Waals surface area contributed by atoms with Gasteiger partial charge in [-0.1, -0.05) is 11.8 Å². The normalized spacial score (nSPS) is 10.0. The molecule has 0 saturated carbocycles. The average molecular weight is 318 g/mol. The van der Waals surface area contributed by atoms with Gasteiger partial charge in [-0.05, 0) is 24.3 Å². The third kappa shape index (κ3) is 5.06. The van der Waals surface area contributed by atoms with Crippen LogP contribution < -0.4 is 10.6 Å². The highest BCUT2D eigenvalue weighted by Crippen LogP contribution is 2.17. The highest BCUT2D eigenvalue weighted by Gasteiger charge is 2.06. The summed E-state index contributed by atoms with van der Waals surface area (Å²) in [4.78, 5) is 30.4. The van der Waals surface area contributed by atoms with E-state index in [-0.39, 0.29) is 23.4 Å². The lowest BCUT2D eigenvalue weighted by atomic mass is 10.3. The number of benzene rings is 1. The van der Waals surface area contributed by atoms with Crippen molar-refractivity contribution < 1.29 is 14.7 Å². The number of nitrogens with zero attached hydrogens (tertiary/aromatic N) is 2. The summed E-state index contributed by atoms with van der Waals surface area (Å²) in [7, 11) is 0. The number of thioether (sulfide) groups is 1. The summed E-state index contributed by atoms with van der Waals surface area (Å²) in [5, 5.41) is 14.9. The second-order valence-corrected chi connectivity index (χ2v) is 5.24. The molecule has 22 heavy (non-hydrogen) atoms. The molecule has 2 rings (SSSR count). The zero-order chi connectivity index (χ0) is 15.9. The molecule has 2 aromatic rings. The predicted octanol–water partition coefficient (Wildman–Crippen LogP) is 1.87. The first kappa shape index (κ1) is 15.8. The quantitative estimate of drug-likeness (QED) is 0.574. The Morgan fingerprint density at radius 2 is 1.77 bits per heavy atom. The number of aromatic nitrogens is 2. The molecule has 1 heterocycles. The zero-order valence-electron chi connectivity index (χ0n) is 11.7. The Labute approximate surface area is 131 Å². The Balaban J connectivity index is 1.85. The van der Waals surface area contributed by atoms with Crippen LogP contribution >= 0.6 is 11.8 Å². The van der Waals surface area contributed by atoms with Crippen molar-refractivity contribution in [2.24, 2.45) is 0 Å². The van der Waals surface area contributed by atoms with Crippen molar-refractivity contribution in [3.63, 3.8) is 0 Å². The maximum atomic E-state index is 11.8. The van der Waals surface area contributed by atoms with Crippen molar-refractivity contribution in [1.82, 2.24) is 9.97 Å². The van der Waals surface area contributed by atoms with E-state index in [1.54, 1.807) is 24.3 Å². The number of amides is 2. The van der Waals surface area contributed by atoms with Gasteiger partial charge in [-0.2, -0.15) is 4.98 Å². The third-order valence-corrected chi connectivity index (χ3v) is 3.30. The molecule has 0 spiro atoms. The Bertz CT molecular complexity index is 676. The summed E-state index contributed by atoms with van der Waals surface area (Å²) in [5.74, 6) is -0.383. The fourth-order valence-electron chi connectivity index (χ4n) is 1.57. The topological polar surface area (TPSA) is 104 Å². The van der Waals surface area contributed by atoms with E-state index in [0.29, 0.717) is 16.5 Å². The van der Waals surface area contributed by atoms with E-state index in [4.69, 9.17) is 0 Å². The van der Waals surface area contributed by atoms with Gasteiger partial charge in [0, 0.05) is 30.6 Å². The van der Waals surface area contributed by atoms with E-state index >= 15 is 0 Å². The standard InChI is InChI=1S/C14H14N4O3S/c1-9(19)16-10-2-4-11(5-3-10)17-13(21)8-22-14-15-7-6-12(20)18-14/h2-7H,8H2,1H3,(H,16,19)(H,17,21)(H,15,18,20). The Hall–Kier alpha value is -2.61. The van der Waals surface area contributed by atoms with Crippen molar-refractivity contribution in [3.05, 3.63) is 36.5 Å². The number of aromatic hydroxyl groups is 1. The number of hydrogen-bond acceptors (Lipinski definition) is 6. The van der Waals surface area contributed by atoms with Crippen molar-refractivity contribution >= 4 is 35.0 Å². The van der Waals surface area contributed by atoms with E-state index in [1.165, 1.54) is 19.2 Å². The summed E-state index contributed by atoms with van der Waals surface area (Å²) in [5.41, 5.74) is 1.28. The van der Waals surface area contributed by atoms with Gasteiger partial charge < -0.3 is 15.7 Å². The van der Waals surface area contributed by atoms with Crippen LogP contribution in [0.4, 0.5) is 11.4 Å². The van der Waals surface area contributed by atoms with Crippen molar-refractivity contribution in [1.29, 1.82) is 0 Å². The highest BCUT2D eigenvalue weighted by molar-refractivity contribution is 7.99. The Morgan fingerprint density at radius 1 is 1.14 bits per heavy atom. The molecule has 7 nitrogen and oxygen atoms in total. The largest absolute Gasteiger partial charge is 0.493 e. The van der Waals surface area contributed by atoms with Gasteiger partial charge in [0.05, 0.1) is 5.75 Å². The summed E-state index contributed by atoms with van der Waals surface area (Å²) in [6.07, 6.45) is 1.42. The van der Waals surface area contributed by atoms with Gasteiger partial charge in [-0.3, -0.25) is 9.59 Å². The van der Waals surface area contributed by atoms with Crippen LogP contribution in [0.3, 0.4) is 0 Å². The first-order valence-corrected chi connectivity index (χ1v) is 7.34. The zero-order valence-corrected chi connectivity index (χ0v) is 12.6. The lowest BCUT2D eigenvalue weighted by Gasteiger charge is -2.06. The van der Waals surface area contributed by atoms with Crippen LogP contribution in [0.1, 0.15) is 6.92 Å². The molecule has 114 valence electrons. The Morgan fingerprint density at radius 3 is 2.36 bits per heavy atom. The fraction of sp³-hybridized carbons (Fsp3) is 0.143. The molecule has 0 saturated heterocycles. The number of carbonyl (C=O) groups excluding carboxylic acids is 2. The summed E-state index contributed by atoms with van der Waals surface area (Å²) in [6.45, 7) is 1.43. The van der Waals surface area contributed by atoms with Crippen LogP contribution in [-0.4, -0.2) is 32.6 Å². The Kier molecular flexibility index (Phi) is 5.31. The van der Waals surface area contributed by atoms with Gasteiger partial charge >= 0.3 is 0 Å². The first-order chi connectivity index (χ1) is 10.5. The molecule has 0 unspecified atom stereocenters. The van der Waals surface area contributed by atoms with E-state index in [0.717, 1.165) is 11.8 Å². The molecular formula is C14H14N4O3S. The molecule has 0 aliphatic rings. The van der Waals surface area contributed by atoms with Gasteiger partial charge in [0.15, 0.2) is 5.16 Å². The molecule has 8 heteroatoms. The van der Waals surface area contributed by atoms with Crippen molar-refractivity contribution in [2.75, 3.05) is 16.4 Å². The first-order valence-electron chi connectivity index (χ1n) is 6.35. The number of hydrogen-bond donors (Lipinski definition) is 3. The van der Waals surface area contributed by atoms with Gasteiger partial charge in [0.25, 0.3) is 0 Å². The fourth-order valence-corrected chi connectivity index (χ4v) is 2.19. The molecular weight excluding hydrogens is 304 g/mol. The molecule has 2 amide bonds. The lowest BCUT2D eigenvalue weighted by molar-refractivity contribution is -0.114. The SMILES string of the molecule is CC(=O)Nc1ccc(NC(=O)CSc2nccc(O)n2)cc1. The van der Waals surface area contributed by atoms with Gasteiger partial charge in [0.1, 0.15) is 0 Å². The van der Waals surface area contributed by atoms with Crippen molar-refractivity contribution in [2.45, 2.75) is 12.1 Å². The van der Waals surface area contributed by atoms with Gasteiger partial charge in [0.2, 0.25) is 17.7 Å². The number of anilines is 2. The van der Waals surface area contributed by atoms with Crippen LogP contribution in [0.25, 0.3) is 0 Å². The maximum absolute atomic E-state index is 11.8. The predicted molar refractivity (Wildman–Crippen MR) is 83.8 cm³/mol. The second kappa shape index (κ2) is 7.41. The van der Waals surface area contributed by atoms with Crippen LogP contribution in [0.2, 0.25) is 0 Å². The van der Waals surface area contributed by atoms with Gasteiger partial charge in [-0.25, -0.2) is 4.98 Å². The number of carbonyl (C=O) groups is 2. The minimum Gasteiger partial charge on any atom is -0.493 e. The lowest BCUT2D eigenvalue weighted by Crippen LogP contribution is -2.14. The minimum atomic E-state index is -0.218. The highest BCUT2D eigenvalue weighted by atomic mass is 32.2. The molecule has 0 atom stereocenters. The molecule has 0 aliphatic carbocycles. The van der Waals surface area contributed by atoms with Gasteiger partial charge in [-0.15, -0.1) is 0 Å². The van der Waals surface area contributed by atoms with E-state index < -0.39 is 0 Å². The van der Waals surface area contributed by atoms with Crippen LogP contribution in [-0.2, 0) is 9.59 Å². The molecule has 1 aromatic heterocycles.